The van der Waals surface area contributed by atoms with Crippen molar-refractivity contribution in [2.24, 2.45) is 0 Å². The first-order valence-electron chi connectivity index (χ1n) is 8.21. The van der Waals surface area contributed by atoms with E-state index in [-0.39, 0.29) is 12.1 Å². The molecule has 1 fully saturated rings. The molecule has 1 aromatic rings. The average molecular weight is 292 g/mol. The van der Waals surface area contributed by atoms with Gasteiger partial charge in [-0.05, 0) is 50.8 Å². The summed E-state index contributed by atoms with van der Waals surface area (Å²) in [6.07, 6.45) is 8.65. The molecule has 4 heteroatoms. The molecule has 1 N–H and O–H groups in total. The highest BCUT2D eigenvalue weighted by atomic mass is 16.5. The van der Waals surface area contributed by atoms with E-state index >= 15 is 0 Å². The van der Waals surface area contributed by atoms with Gasteiger partial charge in [0.15, 0.2) is 0 Å². The second-order valence-corrected chi connectivity index (χ2v) is 5.80. The van der Waals surface area contributed by atoms with E-state index in [4.69, 9.17) is 9.47 Å². The van der Waals surface area contributed by atoms with E-state index in [1.807, 2.05) is 6.20 Å². The predicted molar refractivity (Wildman–Crippen MR) is 84.6 cm³/mol. The minimum Gasteiger partial charge on any atom is -0.492 e. The van der Waals surface area contributed by atoms with Crippen LogP contribution in [0.2, 0.25) is 0 Å². The Hall–Kier alpha value is -1.13. The largest absolute Gasteiger partial charge is 0.492 e. The zero-order chi connectivity index (χ0) is 15.1. The standard InChI is InChI=1S/C17H28N2O2/c1-4-8-19-17(16-7-6-13(3)21-16)14-10-15(12-18-11-14)20-9-5-2/h10-13,16-17,19H,4-9H2,1-3H3. The third-order valence-corrected chi connectivity index (χ3v) is 3.82. The molecule has 0 saturated carbocycles. The van der Waals surface area contributed by atoms with Gasteiger partial charge >= 0.3 is 0 Å². The van der Waals surface area contributed by atoms with Gasteiger partial charge in [-0.2, -0.15) is 0 Å². The number of hydrogen-bond donors (Lipinski definition) is 1. The topological polar surface area (TPSA) is 43.4 Å². The number of aromatic nitrogens is 1. The van der Waals surface area contributed by atoms with Gasteiger partial charge < -0.3 is 14.8 Å². The summed E-state index contributed by atoms with van der Waals surface area (Å²) in [4.78, 5) is 4.34. The highest BCUT2D eigenvalue weighted by Gasteiger charge is 2.30. The molecule has 1 saturated heterocycles. The highest BCUT2D eigenvalue weighted by molar-refractivity contribution is 5.27. The summed E-state index contributed by atoms with van der Waals surface area (Å²) in [5, 5.41) is 3.61. The Morgan fingerprint density at radius 1 is 1.33 bits per heavy atom. The first-order valence-corrected chi connectivity index (χ1v) is 8.21. The third-order valence-electron chi connectivity index (χ3n) is 3.82. The number of nitrogens with zero attached hydrogens (tertiary/aromatic N) is 1. The fourth-order valence-electron chi connectivity index (χ4n) is 2.75. The van der Waals surface area contributed by atoms with Crippen LogP contribution in [0.3, 0.4) is 0 Å². The molecular weight excluding hydrogens is 264 g/mol. The second-order valence-electron chi connectivity index (χ2n) is 5.80. The quantitative estimate of drug-likeness (QED) is 0.796. The normalized spacial score (nSPS) is 23.2. The van der Waals surface area contributed by atoms with Crippen molar-refractivity contribution in [1.82, 2.24) is 10.3 Å². The van der Waals surface area contributed by atoms with E-state index in [1.165, 1.54) is 0 Å². The van der Waals surface area contributed by atoms with E-state index in [0.29, 0.717) is 6.10 Å². The van der Waals surface area contributed by atoms with Crippen LogP contribution in [0.5, 0.6) is 5.75 Å². The molecule has 0 aromatic carbocycles. The molecule has 1 aliphatic heterocycles. The number of nitrogens with one attached hydrogen (secondary N) is 1. The summed E-state index contributed by atoms with van der Waals surface area (Å²) in [6, 6.07) is 2.30. The van der Waals surface area contributed by atoms with Gasteiger partial charge in [-0.1, -0.05) is 13.8 Å². The fourth-order valence-corrected chi connectivity index (χ4v) is 2.75. The van der Waals surface area contributed by atoms with E-state index in [1.54, 1.807) is 6.20 Å². The highest BCUT2D eigenvalue weighted by Crippen LogP contribution is 2.31. The third kappa shape index (κ3) is 4.68. The molecule has 2 rings (SSSR count). The van der Waals surface area contributed by atoms with Crippen LogP contribution in [0.1, 0.15) is 58.1 Å². The minimum absolute atomic E-state index is 0.201. The zero-order valence-electron chi connectivity index (χ0n) is 13.5. The molecule has 2 heterocycles. The van der Waals surface area contributed by atoms with Crippen LogP contribution in [0.15, 0.2) is 18.5 Å². The molecule has 1 aromatic heterocycles. The first kappa shape index (κ1) is 16.2. The van der Waals surface area contributed by atoms with Crippen LogP contribution >= 0.6 is 0 Å². The van der Waals surface area contributed by atoms with Gasteiger partial charge in [0, 0.05) is 6.20 Å². The first-order chi connectivity index (χ1) is 10.2. The van der Waals surface area contributed by atoms with E-state index in [0.717, 1.165) is 50.1 Å². The molecule has 0 amide bonds. The Labute approximate surface area is 128 Å². The Kier molecular flexibility index (Phi) is 6.46. The van der Waals surface area contributed by atoms with Crippen molar-refractivity contribution >= 4 is 0 Å². The SMILES string of the molecule is CCCNC(c1cncc(OCCC)c1)C1CCC(C)O1. The average Bonchev–Trinajstić information content (AvgIpc) is 2.92. The van der Waals surface area contributed by atoms with Crippen LogP contribution in [0.4, 0.5) is 0 Å². The van der Waals surface area contributed by atoms with Crippen molar-refractivity contribution in [3.8, 4) is 5.75 Å². The molecule has 118 valence electrons. The molecular formula is C17H28N2O2. The summed E-state index contributed by atoms with van der Waals surface area (Å²) in [5.74, 6) is 0.851. The Morgan fingerprint density at radius 2 is 2.19 bits per heavy atom. The van der Waals surface area contributed by atoms with Crippen molar-refractivity contribution in [3.05, 3.63) is 24.0 Å². The van der Waals surface area contributed by atoms with Crippen LogP contribution in [-0.2, 0) is 4.74 Å². The Balaban J connectivity index is 2.11. The number of hydrogen-bond acceptors (Lipinski definition) is 4. The van der Waals surface area contributed by atoms with Crippen molar-refractivity contribution in [3.63, 3.8) is 0 Å². The summed E-state index contributed by atoms with van der Waals surface area (Å²) in [7, 11) is 0. The van der Waals surface area contributed by atoms with Gasteiger partial charge in [0.25, 0.3) is 0 Å². The lowest BCUT2D eigenvalue weighted by Gasteiger charge is -2.25. The molecule has 0 spiro atoms. The summed E-state index contributed by atoms with van der Waals surface area (Å²) in [5.41, 5.74) is 1.16. The number of pyridine rings is 1. The fraction of sp³-hybridized carbons (Fsp3) is 0.706. The van der Waals surface area contributed by atoms with Crippen LogP contribution in [-0.4, -0.2) is 30.3 Å². The van der Waals surface area contributed by atoms with Crippen LogP contribution in [0.25, 0.3) is 0 Å². The van der Waals surface area contributed by atoms with Gasteiger partial charge in [0.1, 0.15) is 5.75 Å². The molecule has 0 radical (unpaired) electrons. The van der Waals surface area contributed by atoms with Crippen molar-refractivity contribution < 1.29 is 9.47 Å². The smallest absolute Gasteiger partial charge is 0.137 e. The lowest BCUT2D eigenvalue weighted by molar-refractivity contribution is 0.0315. The van der Waals surface area contributed by atoms with Crippen LogP contribution in [0, 0.1) is 0 Å². The molecule has 0 bridgehead atoms. The molecule has 0 aliphatic carbocycles. The summed E-state index contributed by atoms with van der Waals surface area (Å²) < 4.78 is 11.8. The minimum atomic E-state index is 0.201. The van der Waals surface area contributed by atoms with Gasteiger partial charge in [-0.15, -0.1) is 0 Å². The molecule has 3 atom stereocenters. The zero-order valence-corrected chi connectivity index (χ0v) is 13.5. The maximum absolute atomic E-state index is 6.06. The maximum Gasteiger partial charge on any atom is 0.137 e. The lowest BCUT2D eigenvalue weighted by Crippen LogP contribution is -2.32. The van der Waals surface area contributed by atoms with Gasteiger partial charge in [-0.3, -0.25) is 4.98 Å². The van der Waals surface area contributed by atoms with E-state index in [9.17, 15) is 0 Å². The number of ether oxygens (including phenoxy) is 2. The lowest BCUT2D eigenvalue weighted by atomic mass is 10.0. The Bertz CT molecular complexity index is 425. The van der Waals surface area contributed by atoms with E-state index in [2.05, 4.69) is 37.1 Å². The molecule has 21 heavy (non-hydrogen) atoms. The van der Waals surface area contributed by atoms with Gasteiger partial charge in [-0.25, -0.2) is 0 Å². The number of rotatable bonds is 8. The van der Waals surface area contributed by atoms with Crippen molar-refractivity contribution in [2.45, 2.75) is 64.7 Å². The van der Waals surface area contributed by atoms with Gasteiger partial charge in [0.2, 0.25) is 0 Å². The van der Waals surface area contributed by atoms with Gasteiger partial charge in [0.05, 0.1) is 31.1 Å². The molecule has 3 unspecified atom stereocenters. The predicted octanol–water partition coefficient (Wildman–Crippen LogP) is 3.48. The Morgan fingerprint density at radius 3 is 2.86 bits per heavy atom. The molecule has 4 nitrogen and oxygen atoms in total. The summed E-state index contributed by atoms with van der Waals surface area (Å²) >= 11 is 0. The maximum atomic E-state index is 6.06. The van der Waals surface area contributed by atoms with Crippen molar-refractivity contribution in [1.29, 1.82) is 0 Å². The van der Waals surface area contributed by atoms with Crippen molar-refractivity contribution in [2.75, 3.05) is 13.2 Å². The van der Waals surface area contributed by atoms with E-state index < -0.39 is 0 Å². The monoisotopic (exact) mass is 292 g/mol. The second kappa shape index (κ2) is 8.35. The molecule has 1 aliphatic rings. The van der Waals surface area contributed by atoms with Crippen LogP contribution < -0.4 is 10.1 Å². The summed E-state index contributed by atoms with van der Waals surface area (Å²) in [6.45, 7) is 8.15.